The predicted molar refractivity (Wildman–Crippen MR) is 134 cm³/mol. The Labute approximate surface area is 178 Å². The van der Waals surface area contributed by atoms with Crippen LogP contribution in [0.4, 0.5) is 0 Å². The van der Waals surface area contributed by atoms with Crippen molar-refractivity contribution >= 4 is 47.2 Å². The monoisotopic (exact) mass is 466 g/mol. The van der Waals surface area contributed by atoms with Crippen LogP contribution in [0.3, 0.4) is 0 Å². The number of alkyl halides is 1. The van der Waals surface area contributed by atoms with Gasteiger partial charge in [-0.3, -0.25) is 4.79 Å². The van der Waals surface area contributed by atoms with E-state index in [1.165, 1.54) is 54.4 Å². The van der Waals surface area contributed by atoms with Crippen molar-refractivity contribution in [1.82, 2.24) is 0 Å². The van der Waals surface area contributed by atoms with Gasteiger partial charge in [-0.1, -0.05) is 117 Å². The van der Waals surface area contributed by atoms with E-state index in [1.807, 2.05) is 0 Å². The summed E-state index contributed by atoms with van der Waals surface area (Å²) in [6.45, 7) is 19.6. The van der Waals surface area contributed by atoms with Crippen LogP contribution in [0.5, 0.6) is 0 Å². The Kier molecular flexibility index (Phi) is 12.0. The highest BCUT2D eigenvalue weighted by Crippen LogP contribution is 2.51. The van der Waals surface area contributed by atoms with Gasteiger partial charge in [-0.2, -0.15) is 0 Å². The molecule has 162 valence electrons. The first-order valence-electron chi connectivity index (χ1n) is 11.5. The minimum absolute atomic E-state index is 0.0274. The first-order valence-corrected chi connectivity index (χ1v) is 24.8. The molecular formula is C20H47ClO2Si4. The summed E-state index contributed by atoms with van der Waals surface area (Å²) in [6, 6.07) is 11.5. The molecule has 27 heavy (non-hydrogen) atoms. The zero-order chi connectivity index (χ0) is 21.4. The van der Waals surface area contributed by atoms with Crippen molar-refractivity contribution in [3.63, 3.8) is 0 Å². The van der Waals surface area contributed by atoms with E-state index in [-0.39, 0.29) is 11.8 Å². The maximum Gasteiger partial charge on any atom is 0.307 e. The summed E-state index contributed by atoms with van der Waals surface area (Å²) in [5, 5.41) is 0. The van der Waals surface area contributed by atoms with Crippen LogP contribution in [0.25, 0.3) is 0 Å². The van der Waals surface area contributed by atoms with Gasteiger partial charge in [-0.25, -0.2) is 0 Å². The smallest absolute Gasteiger partial charge is 0.307 e. The molecule has 0 spiro atoms. The SMILES string of the molecule is CC[Si](CC)(CC)[Si](OC(=O)CCl)([Si](CC)(CC)CC)[Si](CC)(CC)CC. The predicted octanol–water partition coefficient (Wildman–Crippen LogP) is 7.47. The summed E-state index contributed by atoms with van der Waals surface area (Å²) in [6.07, 6.45) is 0. The third-order valence-corrected chi connectivity index (χ3v) is 78.7. The maximum atomic E-state index is 13.0. The van der Waals surface area contributed by atoms with Crippen molar-refractivity contribution in [3.05, 3.63) is 0 Å². The highest BCUT2D eigenvalue weighted by molar-refractivity contribution is 7.88. The van der Waals surface area contributed by atoms with Crippen LogP contribution in [-0.2, 0) is 9.22 Å². The van der Waals surface area contributed by atoms with Gasteiger partial charge >= 0.3 is 5.97 Å². The minimum Gasteiger partial charge on any atom is -0.527 e. The molecule has 0 radical (unpaired) electrons. The fourth-order valence-corrected chi connectivity index (χ4v) is 106. The van der Waals surface area contributed by atoms with E-state index in [2.05, 4.69) is 62.3 Å². The molecule has 0 rings (SSSR count). The Morgan fingerprint density at radius 3 is 0.963 bits per heavy atom. The largest absolute Gasteiger partial charge is 0.527 e. The summed E-state index contributed by atoms with van der Waals surface area (Å²) in [5.41, 5.74) is 0. The molecule has 0 bridgehead atoms. The molecule has 0 unspecified atom stereocenters. The van der Waals surface area contributed by atoms with Crippen LogP contribution >= 0.6 is 11.6 Å². The lowest BCUT2D eigenvalue weighted by atomic mass is 10.8. The molecule has 0 aromatic carbocycles. The van der Waals surface area contributed by atoms with Gasteiger partial charge in [0.15, 0.2) is 0 Å². The van der Waals surface area contributed by atoms with Crippen molar-refractivity contribution < 1.29 is 9.22 Å². The molecule has 0 amide bonds. The summed E-state index contributed by atoms with van der Waals surface area (Å²) >= 11 is 6.09. The van der Waals surface area contributed by atoms with Crippen molar-refractivity contribution in [2.45, 2.75) is 117 Å². The van der Waals surface area contributed by atoms with E-state index < -0.39 is 29.6 Å². The molecule has 0 aliphatic carbocycles. The van der Waals surface area contributed by atoms with Gasteiger partial charge in [0.2, 0.25) is 6.87 Å². The number of rotatable bonds is 14. The second kappa shape index (κ2) is 11.7. The Bertz CT molecular complexity index is 372. The highest BCUT2D eigenvalue weighted by Gasteiger charge is 2.74. The number of carbonyl (C=O) groups is 1. The highest BCUT2D eigenvalue weighted by atomic mass is 35.5. The topological polar surface area (TPSA) is 26.3 Å². The standard InChI is InChI=1S/C20H47ClO2Si4/c1-10-24(11-2,12-3)27(23-20(22)19-21,25(13-4,14-5)15-6)26(16-7,17-8)18-9/h10-19H2,1-9H3. The van der Waals surface area contributed by atoms with E-state index in [0.29, 0.717) is 0 Å². The fraction of sp³-hybridized carbons (Fsp3) is 0.950. The van der Waals surface area contributed by atoms with Gasteiger partial charge in [-0.05, 0) is 0 Å². The van der Waals surface area contributed by atoms with Crippen LogP contribution in [0.1, 0.15) is 62.3 Å². The normalized spacial score (nSPS) is 13.7. The van der Waals surface area contributed by atoms with Crippen LogP contribution in [0.2, 0.25) is 54.4 Å². The van der Waals surface area contributed by atoms with Gasteiger partial charge in [0, 0.05) is 0 Å². The molecule has 0 saturated heterocycles. The molecule has 2 nitrogen and oxygen atoms in total. The van der Waals surface area contributed by atoms with Gasteiger partial charge < -0.3 is 4.43 Å². The minimum atomic E-state index is -2.24. The lowest BCUT2D eigenvalue weighted by Crippen LogP contribution is -2.89. The molecule has 0 saturated carbocycles. The van der Waals surface area contributed by atoms with E-state index in [0.717, 1.165) is 0 Å². The van der Waals surface area contributed by atoms with Crippen molar-refractivity contribution in [2.24, 2.45) is 0 Å². The van der Waals surface area contributed by atoms with E-state index in [9.17, 15) is 4.79 Å². The second-order valence-corrected chi connectivity index (χ2v) is 44.6. The van der Waals surface area contributed by atoms with Crippen LogP contribution in [0, 0.1) is 0 Å². The fourth-order valence-electron chi connectivity index (χ4n) is 6.70. The lowest BCUT2D eigenvalue weighted by Gasteiger charge is -2.63. The average molecular weight is 467 g/mol. The molecule has 7 heteroatoms. The molecule has 0 aromatic heterocycles. The molecule has 0 N–H and O–H groups in total. The third kappa shape index (κ3) is 4.25. The third-order valence-electron chi connectivity index (χ3n) is 8.71. The van der Waals surface area contributed by atoms with Crippen molar-refractivity contribution in [1.29, 1.82) is 0 Å². The van der Waals surface area contributed by atoms with Gasteiger partial charge in [0.1, 0.15) is 5.88 Å². The van der Waals surface area contributed by atoms with E-state index >= 15 is 0 Å². The summed E-state index contributed by atoms with van der Waals surface area (Å²) in [4.78, 5) is 13.0. The first kappa shape index (κ1) is 27.6. The number of hydrogen-bond donors (Lipinski definition) is 0. The molecular weight excluding hydrogens is 420 g/mol. The van der Waals surface area contributed by atoms with Crippen LogP contribution < -0.4 is 0 Å². The van der Waals surface area contributed by atoms with Gasteiger partial charge in [0.25, 0.3) is 0 Å². The van der Waals surface area contributed by atoms with Crippen molar-refractivity contribution in [3.8, 4) is 0 Å². The average Bonchev–Trinajstić information content (AvgIpc) is 2.72. The number of halogens is 1. The number of carbonyl (C=O) groups excluding carboxylic acids is 1. The summed E-state index contributed by atoms with van der Waals surface area (Å²) < 4.78 is 7.06. The molecule has 0 aromatic rings. The molecule has 0 atom stereocenters. The Hall–Kier alpha value is 0.628. The number of hydrogen-bond acceptors (Lipinski definition) is 2. The second-order valence-electron chi connectivity index (χ2n) is 8.31. The molecule has 0 aliphatic rings. The first-order chi connectivity index (χ1) is 12.8. The Balaban J connectivity index is 7.48. The molecule has 0 fully saturated rings. The summed E-state index contributed by atoms with van der Waals surface area (Å²) in [7, 11) is -5.14. The van der Waals surface area contributed by atoms with E-state index in [1.54, 1.807) is 0 Å². The zero-order valence-electron chi connectivity index (χ0n) is 19.8. The molecule has 0 heterocycles. The Morgan fingerprint density at radius 1 is 0.593 bits per heavy atom. The van der Waals surface area contributed by atoms with Gasteiger partial charge in [0.05, 0.1) is 22.8 Å². The lowest BCUT2D eigenvalue weighted by molar-refractivity contribution is -0.131. The maximum absolute atomic E-state index is 13.0. The van der Waals surface area contributed by atoms with E-state index in [4.69, 9.17) is 16.0 Å². The van der Waals surface area contributed by atoms with Crippen molar-refractivity contribution in [2.75, 3.05) is 5.88 Å². The Morgan fingerprint density at radius 2 is 0.815 bits per heavy atom. The van der Waals surface area contributed by atoms with Crippen LogP contribution in [0.15, 0.2) is 0 Å². The quantitative estimate of drug-likeness (QED) is 0.196. The summed E-state index contributed by atoms with van der Waals surface area (Å²) in [5.74, 6) is -0.0606. The van der Waals surface area contributed by atoms with Crippen LogP contribution in [-0.4, -0.2) is 41.5 Å². The zero-order valence-corrected chi connectivity index (χ0v) is 24.5. The van der Waals surface area contributed by atoms with Gasteiger partial charge in [-0.15, -0.1) is 11.6 Å². The molecule has 0 aliphatic heterocycles.